The van der Waals surface area contributed by atoms with E-state index in [1.165, 1.54) is 18.3 Å². The van der Waals surface area contributed by atoms with Crippen molar-refractivity contribution in [1.29, 1.82) is 0 Å². The number of nitrogen functional groups attached to an aromatic ring is 1. The molecule has 0 unspecified atom stereocenters. The second kappa shape index (κ2) is 10.3. The fourth-order valence-electron chi connectivity index (χ4n) is 1.66. The zero-order valence-corrected chi connectivity index (χ0v) is 15.4. The molecule has 0 aliphatic rings. The van der Waals surface area contributed by atoms with E-state index in [0.717, 1.165) is 6.07 Å². The van der Waals surface area contributed by atoms with Crippen molar-refractivity contribution in [2.45, 2.75) is 32.6 Å². The molecule has 164 valence electrons. The van der Waals surface area contributed by atoms with Crippen molar-refractivity contribution >= 4 is 23.5 Å². The molecule has 4 N–H and O–H groups in total. The Hall–Kier alpha value is -3.58. The summed E-state index contributed by atoms with van der Waals surface area (Å²) in [7, 11) is 0. The van der Waals surface area contributed by atoms with Crippen LogP contribution in [0.25, 0.3) is 0 Å². The lowest BCUT2D eigenvalue weighted by Crippen LogP contribution is -2.21. The summed E-state index contributed by atoms with van der Waals surface area (Å²) in [5.41, 5.74) is 5.02. The number of nitrogens with two attached hydrogens (primary N) is 1. The van der Waals surface area contributed by atoms with E-state index in [9.17, 15) is 26.7 Å². The highest BCUT2D eigenvalue weighted by Gasteiger charge is 2.38. The van der Waals surface area contributed by atoms with Crippen LogP contribution in [0.1, 0.15) is 36.5 Å². The molecule has 0 atom stereocenters. The van der Waals surface area contributed by atoms with Gasteiger partial charge in [0.05, 0.1) is 12.3 Å². The van der Waals surface area contributed by atoms with Crippen molar-refractivity contribution in [3.8, 4) is 5.88 Å². The Morgan fingerprint density at radius 1 is 1.20 bits per heavy atom. The van der Waals surface area contributed by atoms with Gasteiger partial charge in [-0.3, -0.25) is 4.79 Å². The van der Waals surface area contributed by atoms with E-state index in [0.29, 0.717) is 0 Å². The summed E-state index contributed by atoms with van der Waals surface area (Å²) in [5.74, 6) is -3.37. The minimum Gasteiger partial charge on any atom is -0.475 e. The van der Waals surface area contributed by atoms with Crippen LogP contribution in [0.15, 0.2) is 24.4 Å². The van der Waals surface area contributed by atoms with Crippen molar-refractivity contribution in [2.24, 2.45) is 0 Å². The fourth-order valence-corrected chi connectivity index (χ4v) is 1.66. The number of carboxylic acids is 1. The zero-order valence-electron chi connectivity index (χ0n) is 15.4. The number of rotatable bonds is 5. The number of nitrogens with zero attached hydrogens (tertiary/aromatic N) is 3. The van der Waals surface area contributed by atoms with Gasteiger partial charge in [0.1, 0.15) is 17.1 Å². The van der Waals surface area contributed by atoms with Gasteiger partial charge in [0, 0.05) is 0 Å². The van der Waals surface area contributed by atoms with E-state index >= 15 is 0 Å². The molecule has 0 aliphatic carbocycles. The number of pyridine rings is 1. The standard InChI is InChI=1S/C14H15F2N5O2.C2HF3O2/c1-7(2)23-13-10(6-18-14(17)21-13)20-12(22)9-5-3-4-8(19-9)11(15)16;3-2(4,5)1(6)7/h3-7,11H,1-2H3,(H,20,22)(H2,17,18,21);(H,6,7). The summed E-state index contributed by atoms with van der Waals surface area (Å²) in [6.07, 6.45) is -6.78. The third kappa shape index (κ3) is 7.81. The van der Waals surface area contributed by atoms with Crippen molar-refractivity contribution in [3.63, 3.8) is 0 Å². The van der Waals surface area contributed by atoms with E-state index in [1.807, 2.05) is 0 Å². The summed E-state index contributed by atoms with van der Waals surface area (Å²) < 4.78 is 62.5. The Balaban J connectivity index is 0.000000553. The average Bonchev–Trinajstić information content (AvgIpc) is 2.63. The lowest BCUT2D eigenvalue weighted by molar-refractivity contribution is -0.192. The van der Waals surface area contributed by atoms with Crippen LogP contribution in [0.5, 0.6) is 5.88 Å². The summed E-state index contributed by atoms with van der Waals surface area (Å²) in [5, 5.41) is 9.60. The zero-order chi connectivity index (χ0) is 23.1. The first kappa shape index (κ1) is 24.5. The Bertz CT molecular complexity index is 893. The molecule has 0 bridgehead atoms. The molecule has 14 heteroatoms. The number of nitrogens with one attached hydrogen (secondary N) is 1. The van der Waals surface area contributed by atoms with Gasteiger partial charge in [0.25, 0.3) is 12.3 Å². The molecule has 0 radical (unpaired) electrons. The fraction of sp³-hybridized carbons (Fsp3) is 0.312. The van der Waals surface area contributed by atoms with Gasteiger partial charge in [0.15, 0.2) is 0 Å². The molecule has 2 aromatic heterocycles. The van der Waals surface area contributed by atoms with Crippen LogP contribution >= 0.6 is 0 Å². The number of halogens is 5. The number of carbonyl (C=O) groups excluding carboxylic acids is 1. The van der Waals surface area contributed by atoms with Gasteiger partial charge >= 0.3 is 12.1 Å². The van der Waals surface area contributed by atoms with Crippen LogP contribution in [0.4, 0.5) is 33.6 Å². The van der Waals surface area contributed by atoms with Crippen molar-refractivity contribution < 1.29 is 41.4 Å². The number of amides is 1. The summed E-state index contributed by atoms with van der Waals surface area (Å²) in [6, 6.07) is 3.79. The number of carbonyl (C=O) groups is 2. The molecule has 0 aromatic carbocycles. The Morgan fingerprint density at radius 2 is 1.80 bits per heavy atom. The molecule has 30 heavy (non-hydrogen) atoms. The highest BCUT2D eigenvalue weighted by molar-refractivity contribution is 6.03. The molecule has 0 saturated heterocycles. The number of hydrogen-bond donors (Lipinski definition) is 3. The maximum absolute atomic E-state index is 12.6. The predicted octanol–water partition coefficient (Wildman–Crippen LogP) is 3.06. The molecule has 2 aromatic rings. The quantitative estimate of drug-likeness (QED) is 0.607. The normalized spacial score (nSPS) is 11.0. The number of ether oxygens (including phenoxy) is 1. The van der Waals surface area contributed by atoms with Crippen molar-refractivity contribution in [2.75, 3.05) is 11.1 Å². The second-order valence-corrected chi connectivity index (χ2v) is 5.62. The molecule has 2 heterocycles. The molecule has 0 aliphatic heterocycles. The first-order valence-corrected chi connectivity index (χ1v) is 7.97. The Labute approximate surface area is 166 Å². The molecule has 1 amide bonds. The van der Waals surface area contributed by atoms with E-state index in [-0.39, 0.29) is 29.3 Å². The number of aliphatic carboxylic acids is 1. The molecule has 0 fully saturated rings. The van der Waals surface area contributed by atoms with E-state index < -0.39 is 30.2 Å². The van der Waals surface area contributed by atoms with E-state index in [2.05, 4.69) is 20.3 Å². The summed E-state index contributed by atoms with van der Waals surface area (Å²) >= 11 is 0. The Kier molecular flexibility index (Phi) is 8.37. The lowest BCUT2D eigenvalue weighted by atomic mass is 10.3. The van der Waals surface area contributed by atoms with Gasteiger partial charge < -0.3 is 20.9 Å². The number of alkyl halides is 5. The largest absolute Gasteiger partial charge is 0.490 e. The first-order valence-electron chi connectivity index (χ1n) is 7.97. The Morgan fingerprint density at radius 3 is 2.30 bits per heavy atom. The summed E-state index contributed by atoms with van der Waals surface area (Å²) in [6.45, 7) is 3.55. The smallest absolute Gasteiger partial charge is 0.475 e. The van der Waals surface area contributed by atoms with Crippen LogP contribution in [0.3, 0.4) is 0 Å². The monoisotopic (exact) mass is 437 g/mol. The average molecular weight is 437 g/mol. The minimum absolute atomic E-state index is 0.0172. The van der Waals surface area contributed by atoms with Gasteiger partial charge in [-0.15, -0.1) is 0 Å². The third-order valence-electron chi connectivity index (χ3n) is 2.84. The topological polar surface area (TPSA) is 140 Å². The van der Waals surface area contributed by atoms with Crippen LogP contribution in [-0.2, 0) is 4.79 Å². The molecular weight excluding hydrogens is 421 g/mol. The van der Waals surface area contributed by atoms with E-state index in [4.69, 9.17) is 20.4 Å². The van der Waals surface area contributed by atoms with Crippen molar-refractivity contribution in [1.82, 2.24) is 15.0 Å². The third-order valence-corrected chi connectivity index (χ3v) is 2.84. The van der Waals surface area contributed by atoms with Gasteiger partial charge in [-0.1, -0.05) is 6.07 Å². The first-order chi connectivity index (χ1) is 13.8. The van der Waals surface area contributed by atoms with Gasteiger partial charge in [-0.2, -0.15) is 18.2 Å². The van der Waals surface area contributed by atoms with Gasteiger partial charge in [0.2, 0.25) is 11.8 Å². The number of carboxylic acid groups (broad SMARTS) is 1. The maximum atomic E-state index is 12.6. The molecule has 2 rings (SSSR count). The number of aromatic nitrogens is 3. The SMILES string of the molecule is CC(C)Oc1nc(N)ncc1NC(=O)c1cccc(C(F)F)n1.O=C(O)C(F)(F)F. The van der Waals surface area contributed by atoms with Gasteiger partial charge in [-0.05, 0) is 26.0 Å². The highest BCUT2D eigenvalue weighted by Crippen LogP contribution is 2.23. The second-order valence-electron chi connectivity index (χ2n) is 5.62. The van der Waals surface area contributed by atoms with Crippen LogP contribution in [-0.4, -0.2) is 44.2 Å². The lowest BCUT2D eigenvalue weighted by Gasteiger charge is -2.13. The minimum atomic E-state index is -5.08. The molecule has 0 saturated carbocycles. The highest BCUT2D eigenvalue weighted by atomic mass is 19.4. The predicted molar refractivity (Wildman–Crippen MR) is 93.0 cm³/mol. The molecular formula is C16H16F5N5O4. The molecule has 9 nitrogen and oxygen atoms in total. The molecule has 0 spiro atoms. The maximum Gasteiger partial charge on any atom is 0.490 e. The van der Waals surface area contributed by atoms with Crippen LogP contribution in [0, 0.1) is 0 Å². The van der Waals surface area contributed by atoms with E-state index in [1.54, 1.807) is 13.8 Å². The van der Waals surface area contributed by atoms with Crippen molar-refractivity contribution in [3.05, 3.63) is 35.8 Å². The van der Waals surface area contributed by atoms with Gasteiger partial charge in [-0.25, -0.2) is 23.5 Å². The van der Waals surface area contributed by atoms with Crippen LogP contribution < -0.4 is 15.8 Å². The summed E-state index contributed by atoms with van der Waals surface area (Å²) in [4.78, 5) is 32.3. The number of hydrogen-bond acceptors (Lipinski definition) is 7. The van der Waals surface area contributed by atoms with Crippen LogP contribution in [0.2, 0.25) is 0 Å². The number of anilines is 2.